The van der Waals surface area contributed by atoms with Gasteiger partial charge in [-0.3, -0.25) is 4.79 Å². The largest absolute Gasteiger partial charge is 0.457 e. The molecule has 0 atom stereocenters. The minimum atomic E-state index is -3.63. The minimum absolute atomic E-state index is 0.159. The van der Waals surface area contributed by atoms with Gasteiger partial charge in [0, 0.05) is 24.3 Å². The summed E-state index contributed by atoms with van der Waals surface area (Å²) in [5.41, 5.74) is 1.66. The highest BCUT2D eigenvalue weighted by molar-refractivity contribution is 7.89. The molecule has 3 aromatic rings. The number of aryl methyl sites for hydroxylation is 1. The predicted molar refractivity (Wildman–Crippen MR) is 129 cm³/mol. The zero-order valence-electron chi connectivity index (χ0n) is 18.7. The Labute approximate surface area is 195 Å². The lowest BCUT2D eigenvalue weighted by Crippen LogP contribution is -2.32. The summed E-state index contributed by atoms with van der Waals surface area (Å²) in [5, 5.41) is 2.86. The van der Waals surface area contributed by atoms with Gasteiger partial charge in [0.15, 0.2) is 0 Å². The maximum atomic E-state index is 13.2. The fourth-order valence-electron chi connectivity index (χ4n) is 3.87. The SMILES string of the molecule is Cc1ccc(S(=O)(=O)N2CCCCCC2)cc1C(=O)Nc1ccc(Oc2ccccc2)cc1. The van der Waals surface area contributed by atoms with E-state index in [2.05, 4.69) is 5.32 Å². The van der Waals surface area contributed by atoms with Gasteiger partial charge in [0.25, 0.3) is 5.91 Å². The maximum Gasteiger partial charge on any atom is 0.255 e. The quantitative estimate of drug-likeness (QED) is 0.515. The standard InChI is InChI=1S/C26H28N2O4S/c1-20-11-16-24(33(30,31)28-17-7-2-3-8-18-28)19-25(20)26(29)27-21-12-14-23(15-13-21)32-22-9-5-4-6-10-22/h4-6,9-16,19H,2-3,7-8,17-18H2,1H3,(H,27,29). The third kappa shape index (κ3) is 5.61. The summed E-state index contributed by atoms with van der Waals surface area (Å²) in [6.07, 6.45) is 3.82. The second-order valence-corrected chi connectivity index (χ2v) is 10.1. The number of hydrogen-bond acceptors (Lipinski definition) is 4. The van der Waals surface area contributed by atoms with Crippen molar-refractivity contribution in [1.82, 2.24) is 4.31 Å². The van der Waals surface area contributed by atoms with Gasteiger partial charge in [-0.25, -0.2) is 8.42 Å². The first-order chi connectivity index (χ1) is 15.9. The molecule has 1 heterocycles. The monoisotopic (exact) mass is 464 g/mol. The molecule has 1 aliphatic heterocycles. The number of amides is 1. The molecule has 33 heavy (non-hydrogen) atoms. The molecular weight excluding hydrogens is 436 g/mol. The molecule has 1 N–H and O–H groups in total. The molecule has 0 bridgehead atoms. The van der Waals surface area contributed by atoms with Crippen molar-refractivity contribution in [3.05, 3.63) is 83.9 Å². The lowest BCUT2D eigenvalue weighted by atomic mass is 10.1. The number of nitrogens with one attached hydrogen (secondary N) is 1. The number of nitrogens with zero attached hydrogens (tertiary/aromatic N) is 1. The Hall–Kier alpha value is -3.16. The molecule has 0 saturated carbocycles. The van der Waals surface area contributed by atoms with Crippen LogP contribution in [0.5, 0.6) is 11.5 Å². The highest BCUT2D eigenvalue weighted by Crippen LogP contribution is 2.25. The van der Waals surface area contributed by atoms with E-state index in [-0.39, 0.29) is 10.8 Å². The first-order valence-corrected chi connectivity index (χ1v) is 12.6. The van der Waals surface area contributed by atoms with Crippen LogP contribution in [-0.4, -0.2) is 31.7 Å². The highest BCUT2D eigenvalue weighted by atomic mass is 32.2. The number of rotatable bonds is 6. The van der Waals surface area contributed by atoms with Gasteiger partial charge >= 0.3 is 0 Å². The number of para-hydroxylation sites is 1. The van der Waals surface area contributed by atoms with Crippen molar-refractivity contribution in [2.24, 2.45) is 0 Å². The van der Waals surface area contributed by atoms with E-state index in [1.807, 2.05) is 30.3 Å². The van der Waals surface area contributed by atoms with E-state index in [1.54, 1.807) is 43.3 Å². The van der Waals surface area contributed by atoms with Gasteiger partial charge < -0.3 is 10.1 Å². The van der Waals surface area contributed by atoms with Crippen LogP contribution in [0.25, 0.3) is 0 Å². The molecule has 3 aromatic carbocycles. The molecule has 0 radical (unpaired) electrons. The average molecular weight is 465 g/mol. The number of carbonyl (C=O) groups excluding carboxylic acids is 1. The van der Waals surface area contributed by atoms with Crippen LogP contribution in [-0.2, 0) is 10.0 Å². The van der Waals surface area contributed by atoms with Crippen molar-refractivity contribution in [2.75, 3.05) is 18.4 Å². The zero-order valence-corrected chi connectivity index (χ0v) is 19.5. The number of sulfonamides is 1. The second-order valence-electron chi connectivity index (χ2n) is 8.19. The van der Waals surface area contributed by atoms with Crippen molar-refractivity contribution < 1.29 is 17.9 Å². The van der Waals surface area contributed by atoms with Gasteiger partial charge in [-0.1, -0.05) is 37.1 Å². The van der Waals surface area contributed by atoms with Crippen molar-refractivity contribution >= 4 is 21.6 Å². The molecule has 7 heteroatoms. The lowest BCUT2D eigenvalue weighted by Gasteiger charge is -2.20. The molecule has 0 aliphatic carbocycles. The van der Waals surface area contributed by atoms with Gasteiger partial charge in [-0.05, 0) is 73.9 Å². The highest BCUT2D eigenvalue weighted by Gasteiger charge is 2.26. The van der Waals surface area contributed by atoms with Crippen LogP contribution in [0.15, 0.2) is 77.7 Å². The summed E-state index contributed by atoms with van der Waals surface area (Å²) in [5.74, 6) is 1.03. The number of hydrogen-bond donors (Lipinski definition) is 1. The van der Waals surface area contributed by atoms with E-state index >= 15 is 0 Å². The summed E-state index contributed by atoms with van der Waals surface area (Å²) in [4.78, 5) is 13.1. The van der Waals surface area contributed by atoms with Gasteiger partial charge in [0.05, 0.1) is 4.90 Å². The average Bonchev–Trinajstić information content (AvgIpc) is 3.11. The summed E-state index contributed by atoms with van der Waals surface area (Å²) in [7, 11) is -3.63. The fourth-order valence-corrected chi connectivity index (χ4v) is 5.41. The van der Waals surface area contributed by atoms with Gasteiger partial charge in [-0.15, -0.1) is 0 Å². The van der Waals surface area contributed by atoms with Crippen LogP contribution in [0.2, 0.25) is 0 Å². The molecule has 1 aliphatic rings. The molecule has 0 unspecified atom stereocenters. The Morgan fingerprint density at radius 1 is 0.848 bits per heavy atom. The van der Waals surface area contributed by atoms with Gasteiger partial charge in [0.2, 0.25) is 10.0 Å². The molecule has 4 rings (SSSR count). The Kier molecular flexibility index (Phi) is 7.11. The van der Waals surface area contributed by atoms with E-state index in [1.165, 1.54) is 10.4 Å². The van der Waals surface area contributed by atoms with Crippen molar-refractivity contribution in [2.45, 2.75) is 37.5 Å². The number of anilines is 1. The first-order valence-electron chi connectivity index (χ1n) is 11.2. The van der Waals surface area contributed by atoms with Crippen LogP contribution in [0.4, 0.5) is 5.69 Å². The van der Waals surface area contributed by atoms with E-state index in [4.69, 9.17) is 4.74 Å². The maximum absolute atomic E-state index is 13.2. The molecular formula is C26H28N2O4S. The molecule has 1 fully saturated rings. The van der Waals surface area contributed by atoms with Crippen molar-refractivity contribution in [1.29, 1.82) is 0 Å². The van der Waals surface area contributed by atoms with Crippen LogP contribution in [0.3, 0.4) is 0 Å². The first kappa shape index (κ1) is 23.0. The van der Waals surface area contributed by atoms with Crippen molar-refractivity contribution in [3.63, 3.8) is 0 Å². The third-order valence-corrected chi connectivity index (χ3v) is 7.64. The molecule has 172 valence electrons. The smallest absolute Gasteiger partial charge is 0.255 e. The molecule has 1 saturated heterocycles. The van der Waals surface area contributed by atoms with E-state index < -0.39 is 10.0 Å². The summed E-state index contributed by atoms with van der Waals surface area (Å²) < 4.78 is 33.6. The fraction of sp³-hybridized carbons (Fsp3) is 0.269. The summed E-state index contributed by atoms with van der Waals surface area (Å²) in [6.45, 7) is 2.85. The molecule has 0 aromatic heterocycles. The zero-order chi connectivity index (χ0) is 23.3. The Morgan fingerprint density at radius 3 is 2.15 bits per heavy atom. The van der Waals surface area contributed by atoms with Crippen molar-refractivity contribution in [3.8, 4) is 11.5 Å². The number of carbonyl (C=O) groups is 1. The van der Waals surface area contributed by atoms with Crippen LogP contribution >= 0.6 is 0 Å². The van der Waals surface area contributed by atoms with Gasteiger partial charge in [0.1, 0.15) is 11.5 Å². The van der Waals surface area contributed by atoms with Crippen LogP contribution in [0, 0.1) is 6.92 Å². The minimum Gasteiger partial charge on any atom is -0.457 e. The van der Waals surface area contributed by atoms with E-state index in [9.17, 15) is 13.2 Å². The normalized spacial score (nSPS) is 14.9. The Morgan fingerprint density at radius 2 is 1.48 bits per heavy atom. The lowest BCUT2D eigenvalue weighted by molar-refractivity contribution is 0.102. The molecule has 0 spiro atoms. The predicted octanol–water partition coefficient (Wildman–Crippen LogP) is 5.60. The summed E-state index contributed by atoms with van der Waals surface area (Å²) >= 11 is 0. The molecule has 1 amide bonds. The van der Waals surface area contributed by atoms with E-state index in [0.29, 0.717) is 35.7 Å². The van der Waals surface area contributed by atoms with Crippen LogP contribution in [0.1, 0.15) is 41.6 Å². The van der Waals surface area contributed by atoms with Gasteiger partial charge in [-0.2, -0.15) is 4.31 Å². The molecule has 6 nitrogen and oxygen atoms in total. The number of benzene rings is 3. The Balaban J connectivity index is 1.49. The number of ether oxygens (including phenoxy) is 1. The summed E-state index contributed by atoms with van der Waals surface area (Å²) in [6, 6.07) is 21.3. The topological polar surface area (TPSA) is 75.7 Å². The van der Waals surface area contributed by atoms with E-state index in [0.717, 1.165) is 31.4 Å². The third-order valence-electron chi connectivity index (χ3n) is 5.75. The van der Waals surface area contributed by atoms with Crippen LogP contribution < -0.4 is 10.1 Å². The second kappa shape index (κ2) is 10.2. The Bertz CT molecular complexity index is 1200.